The quantitative estimate of drug-likeness (QED) is 0.430. The molecule has 3 aromatic carbocycles. The van der Waals surface area contributed by atoms with Gasteiger partial charge in [0.25, 0.3) is 11.1 Å². The van der Waals surface area contributed by atoms with Crippen LogP contribution < -0.4 is 10.1 Å². The second kappa shape index (κ2) is 11.9. The lowest BCUT2D eigenvalue weighted by molar-refractivity contribution is -0.130. The van der Waals surface area contributed by atoms with Crippen LogP contribution in [0.4, 0.5) is 5.69 Å². The van der Waals surface area contributed by atoms with Gasteiger partial charge in [-0.15, -0.1) is 0 Å². The summed E-state index contributed by atoms with van der Waals surface area (Å²) < 4.78 is 5.83. The normalized spacial score (nSPS) is 13.7. The minimum Gasteiger partial charge on any atom is -0.507 e. The van der Waals surface area contributed by atoms with Crippen molar-refractivity contribution < 1.29 is 24.2 Å². The molecular formula is C28H28ClN3O5. The summed E-state index contributed by atoms with van der Waals surface area (Å²) in [4.78, 5) is 40.6. The Morgan fingerprint density at radius 2 is 1.65 bits per heavy atom. The molecule has 2 N–H and O–H groups in total. The molecule has 0 saturated carbocycles. The minimum absolute atomic E-state index is 0.00524. The van der Waals surface area contributed by atoms with E-state index >= 15 is 0 Å². The number of rotatable bonds is 8. The lowest BCUT2D eigenvalue weighted by Crippen LogP contribution is -2.48. The summed E-state index contributed by atoms with van der Waals surface area (Å²) in [7, 11) is 0. The maximum absolute atomic E-state index is 13.1. The number of nitrogens with zero attached hydrogens (tertiary/aromatic N) is 2. The van der Waals surface area contributed by atoms with Crippen molar-refractivity contribution in [1.29, 1.82) is 0 Å². The molecule has 0 atom stereocenters. The van der Waals surface area contributed by atoms with Crippen molar-refractivity contribution in [2.45, 2.75) is 6.92 Å². The minimum atomic E-state index is -0.708. The Labute approximate surface area is 220 Å². The average molecular weight is 522 g/mol. The fraction of sp³-hybridized carbons (Fsp3) is 0.250. The Balaban J connectivity index is 1.43. The number of amides is 2. The number of nitrogens with one attached hydrogen (secondary N) is 1. The third-order valence-electron chi connectivity index (χ3n) is 6.29. The summed E-state index contributed by atoms with van der Waals surface area (Å²) in [5.41, 5.74) is 2.09. The zero-order valence-corrected chi connectivity index (χ0v) is 21.2. The van der Waals surface area contributed by atoms with E-state index in [9.17, 15) is 19.5 Å². The highest BCUT2D eigenvalue weighted by Gasteiger charge is 2.19. The molecule has 4 rings (SSSR count). The Morgan fingerprint density at radius 3 is 2.32 bits per heavy atom. The highest BCUT2D eigenvalue weighted by molar-refractivity contribution is 6.68. The summed E-state index contributed by atoms with van der Waals surface area (Å²) in [5.74, 6) is -0.312. The molecule has 37 heavy (non-hydrogen) atoms. The number of benzene rings is 3. The standard InChI is InChI=1S/C28H28ClN3O5/c1-19(33)32-13-11-31(12-14-32)15-16-37-22-8-10-26(34)24(18-22)28(36)30-25-17-21(7-9-23(25)27(29)35)20-5-3-2-4-6-20/h2-10,17-18,34H,11-16H2,1H3,(H,30,36). The summed E-state index contributed by atoms with van der Waals surface area (Å²) in [6.45, 7) is 5.56. The number of anilines is 1. The van der Waals surface area contributed by atoms with E-state index < -0.39 is 11.1 Å². The van der Waals surface area contributed by atoms with Crippen molar-refractivity contribution in [2.75, 3.05) is 44.6 Å². The largest absolute Gasteiger partial charge is 0.507 e. The molecule has 1 heterocycles. The van der Waals surface area contributed by atoms with Gasteiger partial charge < -0.3 is 20.1 Å². The van der Waals surface area contributed by atoms with E-state index in [1.807, 2.05) is 35.2 Å². The average Bonchev–Trinajstić information content (AvgIpc) is 2.90. The van der Waals surface area contributed by atoms with Crippen molar-refractivity contribution in [2.24, 2.45) is 0 Å². The molecule has 0 unspecified atom stereocenters. The topological polar surface area (TPSA) is 99.2 Å². The Kier molecular flexibility index (Phi) is 8.43. The molecule has 1 aliphatic heterocycles. The van der Waals surface area contributed by atoms with Crippen LogP contribution in [0.15, 0.2) is 66.7 Å². The number of ether oxygens (including phenoxy) is 1. The summed E-state index contributed by atoms with van der Waals surface area (Å²) in [6, 6.07) is 18.9. The van der Waals surface area contributed by atoms with Crippen LogP contribution in [0.1, 0.15) is 27.6 Å². The van der Waals surface area contributed by atoms with E-state index in [-0.39, 0.29) is 28.5 Å². The number of piperazine rings is 1. The molecule has 0 radical (unpaired) electrons. The fourth-order valence-electron chi connectivity index (χ4n) is 4.18. The van der Waals surface area contributed by atoms with E-state index in [0.717, 1.165) is 24.2 Å². The zero-order valence-electron chi connectivity index (χ0n) is 20.4. The van der Waals surface area contributed by atoms with Crippen LogP contribution in [0.25, 0.3) is 11.1 Å². The third kappa shape index (κ3) is 6.67. The predicted molar refractivity (Wildman–Crippen MR) is 142 cm³/mol. The molecular weight excluding hydrogens is 494 g/mol. The highest BCUT2D eigenvalue weighted by atomic mass is 35.5. The highest BCUT2D eigenvalue weighted by Crippen LogP contribution is 2.29. The van der Waals surface area contributed by atoms with Gasteiger partial charge in [-0.25, -0.2) is 0 Å². The van der Waals surface area contributed by atoms with Gasteiger partial charge in [0.1, 0.15) is 18.1 Å². The Hall–Kier alpha value is -3.88. The molecule has 9 heteroatoms. The zero-order chi connectivity index (χ0) is 26.4. The monoisotopic (exact) mass is 521 g/mol. The van der Waals surface area contributed by atoms with Gasteiger partial charge >= 0.3 is 0 Å². The number of hydrogen-bond acceptors (Lipinski definition) is 6. The van der Waals surface area contributed by atoms with Gasteiger partial charge in [-0.05, 0) is 53.1 Å². The fourth-order valence-corrected chi connectivity index (χ4v) is 4.35. The van der Waals surface area contributed by atoms with E-state index in [1.54, 1.807) is 31.2 Å². The number of hydrogen-bond donors (Lipinski definition) is 2. The van der Waals surface area contributed by atoms with Gasteiger partial charge in [0.05, 0.1) is 16.8 Å². The second-order valence-electron chi connectivity index (χ2n) is 8.73. The first-order valence-electron chi connectivity index (χ1n) is 12.0. The van der Waals surface area contributed by atoms with Crippen LogP contribution in [0.5, 0.6) is 11.5 Å². The van der Waals surface area contributed by atoms with E-state index in [1.165, 1.54) is 12.1 Å². The summed E-state index contributed by atoms with van der Waals surface area (Å²) >= 11 is 5.75. The molecule has 1 aliphatic rings. The first-order chi connectivity index (χ1) is 17.8. The summed E-state index contributed by atoms with van der Waals surface area (Å²) in [6.07, 6.45) is 0. The van der Waals surface area contributed by atoms with Gasteiger partial charge in [0.15, 0.2) is 0 Å². The molecule has 0 aromatic heterocycles. The molecule has 8 nitrogen and oxygen atoms in total. The molecule has 1 fully saturated rings. The van der Waals surface area contributed by atoms with E-state index in [0.29, 0.717) is 32.0 Å². The Bertz CT molecular complexity index is 1290. The van der Waals surface area contributed by atoms with Crippen molar-refractivity contribution in [1.82, 2.24) is 9.80 Å². The number of phenolic OH excluding ortho intramolecular Hbond substituents is 1. The molecule has 0 bridgehead atoms. The lowest BCUT2D eigenvalue weighted by atomic mass is 10.0. The number of carbonyl (C=O) groups excluding carboxylic acids is 3. The molecule has 0 aliphatic carbocycles. The van der Waals surface area contributed by atoms with Crippen molar-refractivity contribution in [3.63, 3.8) is 0 Å². The molecule has 3 aromatic rings. The van der Waals surface area contributed by atoms with Gasteiger partial charge in [-0.3, -0.25) is 19.3 Å². The maximum Gasteiger partial charge on any atom is 0.259 e. The third-order valence-corrected chi connectivity index (χ3v) is 6.50. The van der Waals surface area contributed by atoms with Crippen LogP contribution >= 0.6 is 11.6 Å². The lowest BCUT2D eigenvalue weighted by Gasteiger charge is -2.34. The first-order valence-corrected chi connectivity index (χ1v) is 12.3. The van der Waals surface area contributed by atoms with Gasteiger partial charge in [0, 0.05) is 39.6 Å². The van der Waals surface area contributed by atoms with Crippen molar-refractivity contribution in [3.05, 3.63) is 77.9 Å². The number of phenols is 1. The molecule has 192 valence electrons. The van der Waals surface area contributed by atoms with Gasteiger partial charge in [0.2, 0.25) is 5.91 Å². The SMILES string of the molecule is CC(=O)N1CCN(CCOc2ccc(O)c(C(=O)Nc3cc(-c4ccccc4)ccc3C(=O)Cl)c2)CC1. The van der Waals surface area contributed by atoms with Crippen LogP contribution in [0, 0.1) is 0 Å². The van der Waals surface area contributed by atoms with E-state index in [2.05, 4.69) is 10.2 Å². The number of halogens is 1. The van der Waals surface area contributed by atoms with Gasteiger partial charge in [-0.1, -0.05) is 36.4 Å². The maximum atomic E-state index is 13.1. The first kappa shape index (κ1) is 26.2. The Morgan fingerprint density at radius 1 is 0.919 bits per heavy atom. The second-order valence-corrected chi connectivity index (χ2v) is 9.07. The molecule has 1 saturated heterocycles. The van der Waals surface area contributed by atoms with Crippen LogP contribution in [0.3, 0.4) is 0 Å². The number of carbonyl (C=O) groups is 3. The van der Waals surface area contributed by atoms with Crippen molar-refractivity contribution in [3.8, 4) is 22.6 Å². The summed E-state index contributed by atoms with van der Waals surface area (Å²) in [5, 5.41) is 12.3. The molecule has 0 spiro atoms. The predicted octanol–water partition coefficient (Wildman–Crippen LogP) is 4.23. The van der Waals surface area contributed by atoms with Crippen LogP contribution in [-0.2, 0) is 4.79 Å². The van der Waals surface area contributed by atoms with E-state index in [4.69, 9.17) is 16.3 Å². The smallest absolute Gasteiger partial charge is 0.259 e. The van der Waals surface area contributed by atoms with Crippen LogP contribution in [-0.4, -0.2) is 71.3 Å². The van der Waals surface area contributed by atoms with Crippen molar-refractivity contribution >= 4 is 34.3 Å². The van der Waals surface area contributed by atoms with Gasteiger partial charge in [-0.2, -0.15) is 0 Å². The molecule has 2 amide bonds. The van der Waals surface area contributed by atoms with Crippen LogP contribution in [0.2, 0.25) is 0 Å². The number of aromatic hydroxyl groups is 1.